The monoisotopic (exact) mass is 559 g/mol. The van der Waals surface area contributed by atoms with E-state index in [1.165, 1.54) is 0 Å². The Kier molecular flexibility index (Phi) is 5.56. The van der Waals surface area contributed by atoms with Gasteiger partial charge in [0.25, 0.3) is 0 Å². The fraction of sp³-hybridized carbons (Fsp3) is 0. The second kappa shape index (κ2) is 9.74. The van der Waals surface area contributed by atoms with Gasteiger partial charge in [-0.1, -0.05) is 66.7 Å². The van der Waals surface area contributed by atoms with E-state index >= 15 is 0 Å². The van der Waals surface area contributed by atoms with E-state index in [4.69, 9.17) is 0 Å². The molecule has 44 heavy (non-hydrogen) atoms. The van der Waals surface area contributed by atoms with Gasteiger partial charge in [-0.25, -0.2) is 0 Å². The first-order chi connectivity index (χ1) is 21.7. The van der Waals surface area contributed by atoms with E-state index in [-0.39, 0.29) is 0 Å². The molecule has 0 amide bonds. The van der Waals surface area contributed by atoms with Gasteiger partial charge in [-0.15, -0.1) is 0 Å². The van der Waals surface area contributed by atoms with Gasteiger partial charge in [-0.3, -0.25) is 0 Å². The Balaban J connectivity index is 1.49. The minimum absolute atomic E-state index is 0.570. The van der Waals surface area contributed by atoms with Crippen LogP contribution >= 0.6 is 0 Å². The van der Waals surface area contributed by atoms with Crippen molar-refractivity contribution in [1.29, 1.82) is 15.8 Å². The number of para-hydroxylation sites is 3. The van der Waals surface area contributed by atoms with Gasteiger partial charge in [0.1, 0.15) is 6.07 Å². The van der Waals surface area contributed by atoms with Crippen LogP contribution in [0.2, 0.25) is 0 Å². The summed E-state index contributed by atoms with van der Waals surface area (Å²) in [5.74, 6) is 0. The summed E-state index contributed by atoms with van der Waals surface area (Å²) < 4.78 is 4.37. The second-order valence-corrected chi connectivity index (χ2v) is 10.8. The normalized spacial score (nSPS) is 11.1. The molecule has 6 aromatic carbocycles. The van der Waals surface area contributed by atoms with Crippen LogP contribution < -0.4 is 0 Å². The van der Waals surface area contributed by atoms with Gasteiger partial charge in [0, 0.05) is 32.8 Å². The van der Waals surface area contributed by atoms with Crippen LogP contribution in [0.25, 0.3) is 66.1 Å². The number of benzene rings is 6. The molecule has 0 aliphatic rings. The van der Waals surface area contributed by atoms with Crippen molar-refractivity contribution in [3.8, 4) is 40.7 Å². The van der Waals surface area contributed by atoms with Crippen molar-refractivity contribution >= 4 is 43.6 Å². The molecule has 0 saturated carbocycles. The Bertz CT molecular complexity index is 2600. The first-order valence-electron chi connectivity index (χ1n) is 14.2. The summed E-state index contributed by atoms with van der Waals surface area (Å²) in [5.41, 5.74) is 9.52. The molecule has 202 valence electrons. The lowest BCUT2D eigenvalue weighted by Gasteiger charge is -2.13. The van der Waals surface area contributed by atoms with Gasteiger partial charge < -0.3 is 9.13 Å². The molecule has 0 aliphatic heterocycles. The Labute approximate surface area is 252 Å². The quantitative estimate of drug-likeness (QED) is 0.216. The molecule has 5 heteroatoms. The molecule has 0 atom stereocenters. The first kappa shape index (κ1) is 25.1. The lowest BCUT2D eigenvalue weighted by Crippen LogP contribution is -1.98. The minimum atomic E-state index is 0.570. The molecule has 0 radical (unpaired) electrons. The number of rotatable bonds is 3. The zero-order valence-corrected chi connectivity index (χ0v) is 23.4. The Morgan fingerprint density at radius 3 is 2.05 bits per heavy atom. The predicted molar refractivity (Wildman–Crippen MR) is 175 cm³/mol. The van der Waals surface area contributed by atoms with Gasteiger partial charge in [0.05, 0.1) is 56.6 Å². The summed E-state index contributed by atoms with van der Waals surface area (Å²) in [6.07, 6.45) is 0. The van der Waals surface area contributed by atoms with Crippen molar-refractivity contribution in [1.82, 2.24) is 9.13 Å². The summed E-state index contributed by atoms with van der Waals surface area (Å²) in [7, 11) is 0. The van der Waals surface area contributed by atoms with Crippen LogP contribution in [0.1, 0.15) is 16.7 Å². The number of nitrogens with zero attached hydrogens (tertiary/aromatic N) is 5. The molecule has 0 saturated heterocycles. The van der Waals surface area contributed by atoms with Crippen LogP contribution in [0.5, 0.6) is 0 Å². The van der Waals surface area contributed by atoms with Crippen molar-refractivity contribution in [2.24, 2.45) is 0 Å². The molecule has 8 rings (SSSR count). The third kappa shape index (κ3) is 3.63. The standard InChI is InChI=1S/C39H21N5/c40-22-25-7-5-9-29(19-25)43-36-14-4-2-10-31(36)33-12-6-11-30(39(33)43)27-16-17-32-34-20-26(23-41)15-18-37(34)44(38(32)21-27)35-13-3-1-8-28(35)24-42/h1-21H. The highest BCUT2D eigenvalue weighted by molar-refractivity contribution is 6.15. The molecule has 0 bridgehead atoms. The number of aromatic nitrogens is 2. The topological polar surface area (TPSA) is 81.2 Å². The molecule has 0 spiro atoms. The summed E-state index contributed by atoms with van der Waals surface area (Å²) in [5, 5.41) is 33.6. The number of hydrogen-bond acceptors (Lipinski definition) is 3. The molecule has 0 fully saturated rings. The molecule has 8 aromatic rings. The molecule has 2 heterocycles. The third-order valence-electron chi connectivity index (χ3n) is 8.40. The van der Waals surface area contributed by atoms with E-state index in [9.17, 15) is 15.8 Å². The van der Waals surface area contributed by atoms with E-state index in [1.54, 1.807) is 0 Å². The summed E-state index contributed by atoms with van der Waals surface area (Å²) in [4.78, 5) is 0. The largest absolute Gasteiger partial charge is 0.309 e. The minimum Gasteiger partial charge on any atom is -0.309 e. The maximum atomic E-state index is 10.0. The molecule has 2 aromatic heterocycles. The lowest BCUT2D eigenvalue weighted by atomic mass is 10.00. The van der Waals surface area contributed by atoms with E-state index < -0.39 is 0 Å². The van der Waals surface area contributed by atoms with Crippen LogP contribution in [-0.4, -0.2) is 9.13 Å². The third-order valence-corrected chi connectivity index (χ3v) is 8.40. The van der Waals surface area contributed by atoms with Crippen LogP contribution in [0.15, 0.2) is 127 Å². The van der Waals surface area contributed by atoms with Crippen LogP contribution in [0.4, 0.5) is 0 Å². The van der Waals surface area contributed by atoms with Crippen LogP contribution in [-0.2, 0) is 0 Å². The van der Waals surface area contributed by atoms with E-state index in [1.807, 2.05) is 72.8 Å². The van der Waals surface area contributed by atoms with Crippen molar-refractivity contribution in [3.63, 3.8) is 0 Å². The maximum absolute atomic E-state index is 10.0. The molecular weight excluding hydrogens is 538 g/mol. The number of nitriles is 3. The van der Waals surface area contributed by atoms with Gasteiger partial charge in [-0.2, -0.15) is 15.8 Å². The Morgan fingerprint density at radius 1 is 0.455 bits per heavy atom. The maximum Gasteiger partial charge on any atom is 0.101 e. The van der Waals surface area contributed by atoms with E-state index in [2.05, 4.69) is 81.9 Å². The smallest absolute Gasteiger partial charge is 0.101 e. The van der Waals surface area contributed by atoms with Crippen molar-refractivity contribution < 1.29 is 0 Å². The van der Waals surface area contributed by atoms with E-state index in [0.717, 1.165) is 66.1 Å². The predicted octanol–water partition coefficient (Wildman–Crippen LogP) is 9.16. The summed E-state index contributed by atoms with van der Waals surface area (Å²) in [6, 6.07) is 49.1. The zero-order chi connectivity index (χ0) is 29.8. The van der Waals surface area contributed by atoms with Crippen molar-refractivity contribution in [3.05, 3.63) is 144 Å². The van der Waals surface area contributed by atoms with Gasteiger partial charge in [0.15, 0.2) is 0 Å². The van der Waals surface area contributed by atoms with E-state index in [0.29, 0.717) is 16.7 Å². The first-order valence-corrected chi connectivity index (χ1v) is 14.2. The fourth-order valence-electron chi connectivity index (χ4n) is 6.51. The van der Waals surface area contributed by atoms with Gasteiger partial charge >= 0.3 is 0 Å². The number of fused-ring (bicyclic) bond motifs is 6. The molecule has 0 aliphatic carbocycles. The van der Waals surface area contributed by atoms with Crippen LogP contribution in [0.3, 0.4) is 0 Å². The average molecular weight is 560 g/mol. The van der Waals surface area contributed by atoms with Crippen LogP contribution in [0, 0.1) is 34.0 Å². The van der Waals surface area contributed by atoms with Crippen molar-refractivity contribution in [2.45, 2.75) is 0 Å². The highest BCUT2D eigenvalue weighted by Crippen LogP contribution is 2.41. The Hall–Kier alpha value is -6.61. The molecule has 0 unspecified atom stereocenters. The average Bonchev–Trinajstić information content (AvgIpc) is 3.60. The molecule has 0 N–H and O–H groups in total. The Morgan fingerprint density at radius 2 is 1.18 bits per heavy atom. The fourth-order valence-corrected chi connectivity index (χ4v) is 6.51. The van der Waals surface area contributed by atoms with Gasteiger partial charge in [-0.05, 0) is 66.2 Å². The highest BCUT2D eigenvalue weighted by Gasteiger charge is 2.19. The SMILES string of the molecule is N#Cc1cccc(-n2c3ccccc3c3cccc(-c4ccc5c6cc(C#N)ccc6n(-c6ccccc6C#N)c5c4)c32)c1. The lowest BCUT2D eigenvalue weighted by molar-refractivity contribution is 1.17. The summed E-state index contributed by atoms with van der Waals surface area (Å²) >= 11 is 0. The molecular formula is C39H21N5. The van der Waals surface area contributed by atoms with Gasteiger partial charge in [0.2, 0.25) is 0 Å². The number of hydrogen-bond donors (Lipinski definition) is 0. The van der Waals surface area contributed by atoms with Crippen molar-refractivity contribution in [2.75, 3.05) is 0 Å². The second-order valence-electron chi connectivity index (χ2n) is 10.8. The zero-order valence-electron chi connectivity index (χ0n) is 23.4. The molecule has 5 nitrogen and oxygen atoms in total. The summed E-state index contributed by atoms with van der Waals surface area (Å²) in [6.45, 7) is 0. The highest BCUT2D eigenvalue weighted by atomic mass is 15.0.